The fourth-order valence-corrected chi connectivity index (χ4v) is 6.59. The third kappa shape index (κ3) is 7.69. The van der Waals surface area contributed by atoms with Crippen molar-refractivity contribution in [2.75, 3.05) is 57.8 Å². The van der Waals surface area contributed by atoms with Crippen molar-refractivity contribution in [2.45, 2.75) is 76.8 Å². The fourth-order valence-electron chi connectivity index (χ4n) is 6.59. The van der Waals surface area contributed by atoms with Crippen LogP contribution >= 0.6 is 0 Å². The second-order valence-electron chi connectivity index (χ2n) is 12.2. The molecule has 0 radical (unpaired) electrons. The molecule has 5 rings (SSSR count). The van der Waals surface area contributed by atoms with Crippen LogP contribution in [0.2, 0.25) is 0 Å². The maximum atomic E-state index is 13.2. The second-order valence-corrected chi connectivity index (χ2v) is 12.2. The van der Waals surface area contributed by atoms with Gasteiger partial charge in [0.1, 0.15) is 5.75 Å². The summed E-state index contributed by atoms with van der Waals surface area (Å²) in [5.74, 6) is 1.09. The molecule has 1 unspecified atom stereocenters. The SMILES string of the molecule is CC(CCCCCCOc1ccc(C(=O)N2CCC(N3C(=O)CCc4ccccc43)CC2)cc1)N1CCN(C)CC1. The summed E-state index contributed by atoms with van der Waals surface area (Å²) in [6.07, 6.45) is 9.07. The molecule has 3 aliphatic heterocycles. The lowest BCUT2D eigenvalue weighted by atomic mass is 9.95. The zero-order valence-electron chi connectivity index (χ0n) is 25.1. The molecule has 0 N–H and O–H groups in total. The van der Waals surface area contributed by atoms with E-state index in [1.807, 2.05) is 46.2 Å². The van der Waals surface area contributed by atoms with E-state index in [9.17, 15) is 9.59 Å². The average Bonchev–Trinajstić information content (AvgIpc) is 3.01. The van der Waals surface area contributed by atoms with Crippen LogP contribution in [0.5, 0.6) is 5.75 Å². The summed E-state index contributed by atoms with van der Waals surface area (Å²) in [7, 11) is 2.21. The van der Waals surface area contributed by atoms with Gasteiger partial charge in [-0.1, -0.05) is 37.5 Å². The van der Waals surface area contributed by atoms with Gasteiger partial charge >= 0.3 is 0 Å². The Bertz CT molecular complexity index is 1140. The van der Waals surface area contributed by atoms with Crippen molar-refractivity contribution in [2.24, 2.45) is 0 Å². The molecule has 2 aromatic carbocycles. The molecule has 0 spiro atoms. The molecule has 3 aliphatic rings. The van der Waals surface area contributed by atoms with E-state index in [0.29, 0.717) is 37.7 Å². The molecule has 2 amide bonds. The largest absolute Gasteiger partial charge is 0.494 e. The minimum atomic E-state index is 0.0613. The summed E-state index contributed by atoms with van der Waals surface area (Å²) in [5, 5.41) is 0. The standard InChI is InChI=1S/C34H48N4O3/c1-27(36-24-22-35(2)23-25-36)9-5-3-4-8-26-41-31-15-12-29(13-16-31)34(40)37-20-18-30(19-21-37)38-32-11-7-6-10-28(32)14-17-33(38)39/h6-7,10-13,15-16,27,30H,3-5,8-9,14,17-26H2,1-2H3. The van der Waals surface area contributed by atoms with Crippen molar-refractivity contribution < 1.29 is 14.3 Å². The summed E-state index contributed by atoms with van der Waals surface area (Å²) >= 11 is 0. The summed E-state index contributed by atoms with van der Waals surface area (Å²) in [6, 6.07) is 16.7. The van der Waals surface area contributed by atoms with Gasteiger partial charge in [-0.3, -0.25) is 14.5 Å². The predicted octanol–water partition coefficient (Wildman–Crippen LogP) is 5.24. The van der Waals surface area contributed by atoms with Gasteiger partial charge in [-0.2, -0.15) is 0 Å². The number of rotatable bonds is 11. The van der Waals surface area contributed by atoms with E-state index in [1.165, 1.54) is 57.4 Å². The Morgan fingerprint density at radius 2 is 1.59 bits per heavy atom. The lowest BCUT2D eigenvalue weighted by Crippen LogP contribution is -2.50. The molecule has 0 aliphatic carbocycles. The van der Waals surface area contributed by atoms with Crippen LogP contribution < -0.4 is 9.64 Å². The molecule has 0 bridgehead atoms. The minimum absolute atomic E-state index is 0.0613. The number of amides is 2. The van der Waals surface area contributed by atoms with Crippen molar-refractivity contribution in [1.82, 2.24) is 14.7 Å². The molecule has 3 heterocycles. The summed E-state index contributed by atoms with van der Waals surface area (Å²) in [6.45, 7) is 9.20. The van der Waals surface area contributed by atoms with Gasteiger partial charge in [-0.25, -0.2) is 0 Å². The number of likely N-dealkylation sites (tertiary alicyclic amines) is 1. The fraction of sp³-hybridized carbons (Fsp3) is 0.588. The number of piperazine rings is 1. The number of hydrogen-bond donors (Lipinski definition) is 0. The summed E-state index contributed by atoms with van der Waals surface area (Å²) < 4.78 is 5.96. The Morgan fingerprint density at radius 3 is 2.34 bits per heavy atom. The zero-order chi connectivity index (χ0) is 28.6. The van der Waals surface area contributed by atoms with Crippen LogP contribution in [0.25, 0.3) is 0 Å². The number of anilines is 1. The van der Waals surface area contributed by atoms with Crippen LogP contribution in [0, 0.1) is 0 Å². The highest BCUT2D eigenvalue weighted by Crippen LogP contribution is 2.32. The monoisotopic (exact) mass is 560 g/mol. The number of benzene rings is 2. The van der Waals surface area contributed by atoms with E-state index in [4.69, 9.17) is 4.74 Å². The molecule has 1 atom stereocenters. The predicted molar refractivity (Wildman–Crippen MR) is 165 cm³/mol. The smallest absolute Gasteiger partial charge is 0.253 e. The molecule has 0 saturated carbocycles. The van der Waals surface area contributed by atoms with Crippen molar-refractivity contribution in [3.63, 3.8) is 0 Å². The number of unbranched alkanes of at least 4 members (excludes halogenated alkanes) is 3. The van der Waals surface area contributed by atoms with Gasteiger partial charge in [0.15, 0.2) is 0 Å². The highest BCUT2D eigenvalue weighted by Gasteiger charge is 2.33. The Morgan fingerprint density at radius 1 is 0.878 bits per heavy atom. The van der Waals surface area contributed by atoms with Crippen molar-refractivity contribution >= 4 is 17.5 Å². The number of likely N-dealkylation sites (N-methyl/N-ethyl adjacent to an activating group) is 1. The molecule has 222 valence electrons. The number of fused-ring (bicyclic) bond motifs is 1. The Hall–Kier alpha value is -2.90. The van der Waals surface area contributed by atoms with E-state index in [0.717, 1.165) is 37.1 Å². The topological polar surface area (TPSA) is 56.3 Å². The lowest BCUT2D eigenvalue weighted by molar-refractivity contribution is -0.119. The zero-order valence-corrected chi connectivity index (χ0v) is 25.1. The number of aryl methyl sites for hydroxylation is 1. The highest BCUT2D eigenvalue weighted by molar-refractivity contribution is 5.97. The van der Waals surface area contributed by atoms with Gasteiger partial charge < -0.3 is 19.4 Å². The van der Waals surface area contributed by atoms with Crippen LogP contribution in [0.1, 0.15) is 74.2 Å². The van der Waals surface area contributed by atoms with Crippen molar-refractivity contribution in [3.05, 3.63) is 59.7 Å². The first kappa shape index (κ1) is 29.6. The number of carbonyl (C=O) groups is 2. The van der Waals surface area contributed by atoms with Gasteiger partial charge in [0.2, 0.25) is 5.91 Å². The number of hydrogen-bond acceptors (Lipinski definition) is 5. The maximum Gasteiger partial charge on any atom is 0.253 e. The Labute approximate surface area is 246 Å². The summed E-state index contributed by atoms with van der Waals surface area (Å²) in [4.78, 5) is 34.9. The van der Waals surface area contributed by atoms with Crippen LogP contribution in [0.3, 0.4) is 0 Å². The maximum absolute atomic E-state index is 13.2. The van der Waals surface area contributed by atoms with Crippen molar-refractivity contribution in [3.8, 4) is 5.75 Å². The van der Waals surface area contributed by atoms with Gasteiger partial charge in [0, 0.05) is 69.0 Å². The quantitative estimate of drug-likeness (QED) is 0.352. The minimum Gasteiger partial charge on any atom is -0.494 e. The molecular formula is C34H48N4O3. The molecule has 7 nitrogen and oxygen atoms in total. The third-order valence-corrected chi connectivity index (χ3v) is 9.29. The number of ether oxygens (including phenoxy) is 1. The van der Waals surface area contributed by atoms with Crippen LogP contribution in [-0.4, -0.2) is 91.5 Å². The molecule has 2 aromatic rings. The van der Waals surface area contributed by atoms with Gasteiger partial charge in [0.05, 0.1) is 6.61 Å². The van der Waals surface area contributed by atoms with E-state index < -0.39 is 0 Å². The highest BCUT2D eigenvalue weighted by atomic mass is 16.5. The van der Waals surface area contributed by atoms with Gasteiger partial charge in [0.25, 0.3) is 5.91 Å². The summed E-state index contributed by atoms with van der Waals surface area (Å²) in [5.41, 5.74) is 3.00. The van der Waals surface area contributed by atoms with E-state index in [1.54, 1.807) is 0 Å². The first-order valence-corrected chi connectivity index (χ1v) is 15.8. The lowest BCUT2D eigenvalue weighted by Gasteiger charge is -2.41. The first-order valence-electron chi connectivity index (χ1n) is 15.8. The normalized spacial score (nSPS) is 19.7. The van der Waals surface area contributed by atoms with Crippen LogP contribution in [0.4, 0.5) is 5.69 Å². The van der Waals surface area contributed by atoms with E-state index in [2.05, 4.69) is 35.9 Å². The van der Waals surface area contributed by atoms with E-state index in [-0.39, 0.29) is 17.9 Å². The molecular weight excluding hydrogens is 512 g/mol. The average molecular weight is 561 g/mol. The molecule has 0 aromatic heterocycles. The van der Waals surface area contributed by atoms with E-state index >= 15 is 0 Å². The number of carbonyl (C=O) groups excluding carboxylic acids is 2. The molecule has 2 fully saturated rings. The molecule has 2 saturated heterocycles. The van der Waals surface area contributed by atoms with Crippen LogP contribution in [0.15, 0.2) is 48.5 Å². The Balaban J connectivity index is 0.986. The number of piperidine rings is 1. The molecule has 7 heteroatoms. The second kappa shape index (κ2) is 14.3. The van der Waals surface area contributed by atoms with Gasteiger partial charge in [-0.15, -0.1) is 0 Å². The van der Waals surface area contributed by atoms with Crippen LogP contribution in [-0.2, 0) is 11.2 Å². The first-order chi connectivity index (χ1) is 20.0. The van der Waals surface area contributed by atoms with Gasteiger partial charge in [-0.05, 0) is 82.0 Å². The molecule has 41 heavy (non-hydrogen) atoms. The third-order valence-electron chi connectivity index (χ3n) is 9.29. The number of para-hydroxylation sites is 1. The Kier molecular flexibility index (Phi) is 10.3. The van der Waals surface area contributed by atoms with Crippen molar-refractivity contribution in [1.29, 1.82) is 0 Å². The number of nitrogens with zero attached hydrogens (tertiary/aromatic N) is 4.